The van der Waals surface area contributed by atoms with Gasteiger partial charge in [-0.15, -0.1) is 5.10 Å². The minimum atomic E-state index is -0.285. The molecule has 1 saturated carbocycles. The summed E-state index contributed by atoms with van der Waals surface area (Å²) in [5, 5.41) is 8.45. The van der Waals surface area contributed by atoms with Crippen LogP contribution in [0.5, 0.6) is 0 Å². The van der Waals surface area contributed by atoms with Crippen LogP contribution in [0.1, 0.15) is 37.8 Å². The molecule has 6 nitrogen and oxygen atoms in total. The molecular formula is C20H24N4O2. The minimum Gasteiger partial charge on any atom is -0.350 e. The molecule has 4 rings (SSSR count). The van der Waals surface area contributed by atoms with E-state index in [-0.39, 0.29) is 11.7 Å². The Balaban J connectivity index is 1.43. The Hall–Kier alpha value is -2.23. The second-order valence-electron chi connectivity index (χ2n) is 7.97. The third kappa shape index (κ3) is 4.12. The zero-order valence-electron chi connectivity index (χ0n) is 15.5. The van der Waals surface area contributed by atoms with E-state index in [2.05, 4.69) is 47.1 Å². The van der Waals surface area contributed by atoms with Gasteiger partial charge < -0.3 is 9.47 Å². The number of nitrogens with zero attached hydrogens (tertiary/aromatic N) is 4. The van der Waals surface area contributed by atoms with Crippen LogP contribution in [-0.2, 0) is 16.0 Å². The topological polar surface area (TPSA) is 62.1 Å². The first-order valence-corrected chi connectivity index (χ1v) is 9.10. The van der Waals surface area contributed by atoms with Crippen molar-refractivity contribution in [2.45, 2.75) is 46.4 Å². The van der Waals surface area contributed by atoms with E-state index in [1.54, 1.807) is 4.68 Å². The van der Waals surface area contributed by atoms with E-state index in [0.717, 1.165) is 22.5 Å². The summed E-state index contributed by atoms with van der Waals surface area (Å²) >= 11 is 0. The molecule has 0 unspecified atom stereocenters. The summed E-state index contributed by atoms with van der Waals surface area (Å²) in [4.78, 5) is 4.55. The summed E-state index contributed by atoms with van der Waals surface area (Å²) in [6.45, 7) is 8.17. The lowest BCUT2D eigenvalue weighted by molar-refractivity contribution is -0.227. The number of hydrogen-bond donors (Lipinski definition) is 0. The molecule has 2 aromatic heterocycles. The average Bonchev–Trinajstić information content (AvgIpc) is 3.33. The van der Waals surface area contributed by atoms with Gasteiger partial charge in [-0.25, -0.2) is 4.68 Å². The predicted octanol–water partition coefficient (Wildman–Crippen LogP) is 2.81. The Morgan fingerprint density at radius 2 is 2.04 bits per heavy atom. The molecule has 0 spiro atoms. The molecule has 26 heavy (non-hydrogen) atoms. The SMILES string of the molecule is Cc1cc(C#CC2CC2)cnc1-c1cn(CC2OCC(C)(C)CO2)nn1. The average molecular weight is 352 g/mol. The number of pyridine rings is 1. The van der Waals surface area contributed by atoms with Crippen LogP contribution in [0.4, 0.5) is 0 Å². The van der Waals surface area contributed by atoms with Crippen LogP contribution >= 0.6 is 0 Å². The summed E-state index contributed by atoms with van der Waals surface area (Å²) < 4.78 is 13.3. The molecular weight excluding hydrogens is 328 g/mol. The maximum absolute atomic E-state index is 5.76. The quantitative estimate of drug-likeness (QED) is 0.795. The number of hydrogen-bond acceptors (Lipinski definition) is 5. The lowest BCUT2D eigenvalue weighted by Crippen LogP contribution is -2.39. The summed E-state index contributed by atoms with van der Waals surface area (Å²) in [5.74, 6) is 7.06. The van der Waals surface area contributed by atoms with Gasteiger partial charge in [-0.1, -0.05) is 30.9 Å². The first-order chi connectivity index (χ1) is 12.5. The van der Waals surface area contributed by atoms with E-state index in [0.29, 0.717) is 25.7 Å². The van der Waals surface area contributed by atoms with E-state index in [4.69, 9.17) is 9.47 Å². The second-order valence-corrected chi connectivity index (χ2v) is 7.97. The molecule has 3 heterocycles. The van der Waals surface area contributed by atoms with Crippen molar-refractivity contribution in [2.24, 2.45) is 11.3 Å². The Morgan fingerprint density at radius 1 is 1.27 bits per heavy atom. The van der Waals surface area contributed by atoms with E-state index in [1.165, 1.54) is 12.8 Å². The molecule has 0 radical (unpaired) electrons. The van der Waals surface area contributed by atoms with Crippen LogP contribution in [0, 0.1) is 30.1 Å². The Bertz CT molecular complexity index is 848. The van der Waals surface area contributed by atoms with Crippen molar-refractivity contribution in [3.05, 3.63) is 29.6 Å². The standard InChI is InChI=1S/C20H24N4O2/c1-14-8-16(7-6-15-4-5-15)9-21-19(14)17-10-24(23-22-17)11-18-25-12-20(2,3)13-26-18/h8-10,15,18H,4-5,11-13H2,1-3H3. The summed E-state index contributed by atoms with van der Waals surface area (Å²) in [5.41, 5.74) is 3.65. The molecule has 0 amide bonds. The summed E-state index contributed by atoms with van der Waals surface area (Å²) in [6.07, 6.45) is 5.87. The van der Waals surface area contributed by atoms with Crippen molar-refractivity contribution < 1.29 is 9.47 Å². The lowest BCUT2D eigenvalue weighted by atomic mass is 9.96. The zero-order valence-corrected chi connectivity index (χ0v) is 15.5. The van der Waals surface area contributed by atoms with E-state index < -0.39 is 0 Å². The van der Waals surface area contributed by atoms with Crippen molar-refractivity contribution in [3.8, 4) is 23.2 Å². The molecule has 1 saturated heterocycles. The normalized spacial score (nSPS) is 19.8. The Morgan fingerprint density at radius 3 is 2.73 bits per heavy atom. The third-order valence-electron chi connectivity index (χ3n) is 4.51. The summed E-state index contributed by atoms with van der Waals surface area (Å²) in [6, 6.07) is 2.06. The lowest BCUT2D eigenvalue weighted by Gasteiger charge is -2.34. The fraction of sp³-hybridized carbons (Fsp3) is 0.550. The highest BCUT2D eigenvalue weighted by atomic mass is 16.7. The van der Waals surface area contributed by atoms with Gasteiger partial charge in [0.2, 0.25) is 0 Å². The van der Waals surface area contributed by atoms with Gasteiger partial charge in [-0.3, -0.25) is 4.98 Å². The van der Waals surface area contributed by atoms with Crippen molar-refractivity contribution >= 4 is 0 Å². The van der Waals surface area contributed by atoms with Gasteiger partial charge in [0.15, 0.2) is 6.29 Å². The molecule has 2 fully saturated rings. The van der Waals surface area contributed by atoms with E-state index >= 15 is 0 Å². The first kappa shape index (κ1) is 17.2. The van der Waals surface area contributed by atoms with Crippen molar-refractivity contribution in [2.75, 3.05) is 13.2 Å². The van der Waals surface area contributed by atoms with Crippen LogP contribution < -0.4 is 0 Å². The van der Waals surface area contributed by atoms with Crippen LogP contribution in [0.3, 0.4) is 0 Å². The van der Waals surface area contributed by atoms with Gasteiger partial charge in [-0.05, 0) is 31.4 Å². The molecule has 2 aromatic rings. The molecule has 0 bridgehead atoms. The monoisotopic (exact) mass is 352 g/mol. The number of aromatic nitrogens is 4. The molecule has 1 aliphatic carbocycles. The van der Waals surface area contributed by atoms with Gasteiger partial charge in [0, 0.05) is 23.1 Å². The Labute approximate surface area is 153 Å². The maximum Gasteiger partial charge on any atom is 0.177 e. The fourth-order valence-corrected chi connectivity index (χ4v) is 2.81. The van der Waals surface area contributed by atoms with Gasteiger partial charge in [0.05, 0.1) is 31.6 Å². The molecule has 2 aliphatic rings. The number of rotatable bonds is 3. The fourth-order valence-electron chi connectivity index (χ4n) is 2.81. The van der Waals surface area contributed by atoms with Crippen LogP contribution in [-0.4, -0.2) is 39.5 Å². The molecule has 0 aromatic carbocycles. The van der Waals surface area contributed by atoms with Crippen LogP contribution in [0.25, 0.3) is 11.4 Å². The minimum absolute atomic E-state index is 0.0647. The zero-order chi connectivity index (χ0) is 18.1. The van der Waals surface area contributed by atoms with Gasteiger partial charge in [0.25, 0.3) is 0 Å². The van der Waals surface area contributed by atoms with Crippen LogP contribution in [0.2, 0.25) is 0 Å². The highest BCUT2D eigenvalue weighted by Gasteiger charge is 2.28. The van der Waals surface area contributed by atoms with Crippen molar-refractivity contribution in [1.82, 2.24) is 20.0 Å². The molecule has 136 valence electrons. The maximum atomic E-state index is 5.76. The van der Waals surface area contributed by atoms with E-state index in [9.17, 15) is 0 Å². The Kier molecular flexibility index (Phi) is 4.51. The number of aryl methyl sites for hydroxylation is 1. The van der Waals surface area contributed by atoms with Crippen LogP contribution in [0.15, 0.2) is 18.5 Å². The van der Waals surface area contributed by atoms with E-state index in [1.807, 2.05) is 19.3 Å². The third-order valence-corrected chi connectivity index (χ3v) is 4.51. The smallest absolute Gasteiger partial charge is 0.177 e. The second kappa shape index (κ2) is 6.82. The van der Waals surface area contributed by atoms with Crippen molar-refractivity contribution in [3.63, 3.8) is 0 Å². The number of ether oxygens (including phenoxy) is 2. The van der Waals surface area contributed by atoms with Gasteiger partial charge in [-0.2, -0.15) is 0 Å². The van der Waals surface area contributed by atoms with Gasteiger partial charge >= 0.3 is 0 Å². The molecule has 1 aliphatic heterocycles. The molecule has 0 atom stereocenters. The summed E-state index contributed by atoms with van der Waals surface area (Å²) in [7, 11) is 0. The first-order valence-electron chi connectivity index (χ1n) is 9.10. The molecule has 6 heteroatoms. The highest BCUT2D eigenvalue weighted by Crippen LogP contribution is 2.28. The molecule has 0 N–H and O–H groups in total. The van der Waals surface area contributed by atoms with Crippen molar-refractivity contribution in [1.29, 1.82) is 0 Å². The van der Waals surface area contributed by atoms with Gasteiger partial charge in [0.1, 0.15) is 5.69 Å². The largest absolute Gasteiger partial charge is 0.350 e. The highest BCUT2D eigenvalue weighted by molar-refractivity contribution is 5.58. The predicted molar refractivity (Wildman–Crippen MR) is 97.1 cm³/mol.